The van der Waals surface area contributed by atoms with Gasteiger partial charge in [0.25, 0.3) is 0 Å². The standard InChI is InChI=1S/C16H21N7O2S.ClH/c1-11-13-8-12(9-19-15(13)22(3)20-11)26(24,25)23-7-4-17-10-14(23)16-18-5-6-21(16)2;/h5-6,8-9,14,17H,4,7,10H2,1-3H3;1H. The molecule has 1 aliphatic rings. The number of nitrogens with zero attached hydrogens (tertiary/aromatic N) is 6. The third-order valence-electron chi connectivity index (χ3n) is 4.80. The number of hydrogen-bond donors (Lipinski definition) is 1. The fraction of sp³-hybridized carbons (Fsp3) is 0.438. The highest BCUT2D eigenvalue weighted by Gasteiger charge is 2.36. The summed E-state index contributed by atoms with van der Waals surface area (Å²) in [5.74, 6) is 0.715. The molecule has 4 heterocycles. The lowest BCUT2D eigenvalue weighted by atomic mass is 10.2. The first kappa shape index (κ1) is 19.7. The van der Waals surface area contributed by atoms with Crippen molar-refractivity contribution in [3.63, 3.8) is 0 Å². The number of piperazine rings is 1. The quantitative estimate of drug-likeness (QED) is 0.683. The van der Waals surface area contributed by atoms with Gasteiger partial charge in [0.15, 0.2) is 5.65 Å². The zero-order valence-electron chi connectivity index (χ0n) is 15.3. The normalized spacial score (nSPS) is 18.6. The van der Waals surface area contributed by atoms with Crippen LogP contribution in [0.25, 0.3) is 11.0 Å². The van der Waals surface area contributed by atoms with E-state index in [9.17, 15) is 8.42 Å². The van der Waals surface area contributed by atoms with Crippen LogP contribution in [0, 0.1) is 6.92 Å². The van der Waals surface area contributed by atoms with Crippen LogP contribution in [-0.2, 0) is 24.1 Å². The van der Waals surface area contributed by atoms with Crippen molar-refractivity contribution in [2.24, 2.45) is 14.1 Å². The van der Waals surface area contributed by atoms with E-state index in [0.717, 1.165) is 11.1 Å². The van der Waals surface area contributed by atoms with E-state index in [0.29, 0.717) is 31.1 Å². The van der Waals surface area contributed by atoms with Crippen LogP contribution in [0.2, 0.25) is 0 Å². The van der Waals surface area contributed by atoms with Gasteiger partial charge in [-0.15, -0.1) is 12.4 Å². The monoisotopic (exact) mass is 411 g/mol. The van der Waals surface area contributed by atoms with Crippen molar-refractivity contribution >= 4 is 33.5 Å². The lowest BCUT2D eigenvalue weighted by Crippen LogP contribution is -2.49. The zero-order valence-corrected chi connectivity index (χ0v) is 17.0. The average Bonchev–Trinajstić information content (AvgIpc) is 3.18. The summed E-state index contributed by atoms with van der Waals surface area (Å²) in [6, 6.07) is 1.30. The number of aromatic nitrogens is 5. The minimum atomic E-state index is -3.71. The summed E-state index contributed by atoms with van der Waals surface area (Å²) in [5, 5.41) is 8.32. The molecule has 1 unspecified atom stereocenters. The molecule has 1 atom stereocenters. The Labute approximate surface area is 163 Å². The maximum absolute atomic E-state index is 13.4. The van der Waals surface area contributed by atoms with Crippen LogP contribution in [0.1, 0.15) is 17.6 Å². The molecular weight excluding hydrogens is 390 g/mol. The van der Waals surface area contributed by atoms with Crippen LogP contribution in [0.5, 0.6) is 0 Å². The van der Waals surface area contributed by atoms with E-state index in [4.69, 9.17) is 0 Å². The molecule has 0 bridgehead atoms. The van der Waals surface area contributed by atoms with Gasteiger partial charge in [-0.05, 0) is 13.0 Å². The number of halogens is 1. The smallest absolute Gasteiger partial charge is 0.245 e. The van der Waals surface area contributed by atoms with E-state index < -0.39 is 10.0 Å². The number of rotatable bonds is 3. The van der Waals surface area contributed by atoms with Crippen molar-refractivity contribution in [1.82, 2.24) is 33.9 Å². The van der Waals surface area contributed by atoms with Crippen LogP contribution < -0.4 is 5.32 Å². The van der Waals surface area contributed by atoms with Crippen LogP contribution in [0.3, 0.4) is 0 Å². The van der Waals surface area contributed by atoms with Crippen LogP contribution in [0.15, 0.2) is 29.6 Å². The summed E-state index contributed by atoms with van der Waals surface area (Å²) in [6.45, 7) is 3.35. The highest BCUT2D eigenvalue weighted by Crippen LogP contribution is 2.29. The Bertz CT molecular complexity index is 1080. The van der Waals surface area contributed by atoms with Gasteiger partial charge in [-0.2, -0.15) is 9.40 Å². The van der Waals surface area contributed by atoms with Gasteiger partial charge < -0.3 is 9.88 Å². The predicted octanol–water partition coefficient (Wildman–Crippen LogP) is 0.767. The SMILES string of the molecule is Cc1nn(C)c2ncc(S(=O)(=O)N3CCNCC3c3nccn3C)cc12.Cl. The van der Waals surface area contributed by atoms with Crippen LogP contribution >= 0.6 is 12.4 Å². The van der Waals surface area contributed by atoms with Crippen molar-refractivity contribution in [1.29, 1.82) is 0 Å². The van der Waals surface area contributed by atoms with Gasteiger partial charge in [0.1, 0.15) is 10.7 Å². The average molecular weight is 412 g/mol. The van der Waals surface area contributed by atoms with Crippen molar-refractivity contribution in [2.75, 3.05) is 19.6 Å². The van der Waals surface area contributed by atoms with Gasteiger partial charge in [0.2, 0.25) is 10.0 Å². The molecule has 11 heteroatoms. The number of nitrogens with one attached hydrogen (secondary N) is 1. The molecule has 1 saturated heterocycles. The molecule has 3 aromatic heterocycles. The minimum absolute atomic E-state index is 0. The highest BCUT2D eigenvalue weighted by atomic mass is 35.5. The van der Waals surface area contributed by atoms with E-state index in [-0.39, 0.29) is 23.3 Å². The van der Waals surface area contributed by atoms with Crippen molar-refractivity contribution in [3.05, 3.63) is 36.2 Å². The summed E-state index contributed by atoms with van der Waals surface area (Å²) in [6.07, 6.45) is 4.92. The summed E-state index contributed by atoms with van der Waals surface area (Å²) in [4.78, 5) is 8.86. The van der Waals surface area contributed by atoms with Gasteiger partial charge in [-0.1, -0.05) is 0 Å². The second-order valence-corrected chi connectivity index (χ2v) is 8.37. The highest BCUT2D eigenvalue weighted by molar-refractivity contribution is 7.89. The molecule has 27 heavy (non-hydrogen) atoms. The van der Waals surface area contributed by atoms with Gasteiger partial charge >= 0.3 is 0 Å². The molecule has 0 aromatic carbocycles. The topological polar surface area (TPSA) is 97.9 Å². The van der Waals surface area contributed by atoms with E-state index in [2.05, 4.69) is 20.4 Å². The molecule has 1 aliphatic heterocycles. The van der Waals surface area contributed by atoms with Crippen molar-refractivity contribution in [2.45, 2.75) is 17.9 Å². The molecule has 146 valence electrons. The fourth-order valence-corrected chi connectivity index (χ4v) is 5.02. The molecule has 0 spiro atoms. The Hall–Kier alpha value is -2.01. The maximum atomic E-state index is 13.4. The van der Waals surface area contributed by atoms with Crippen molar-refractivity contribution < 1.29 is 8.42 Å². The molecule has 3 aromatic rings. The van der Waals surface area contributed by atoms with Crippen molar-refractivity contribution in [3.8, 4) is 0 Å². The van der Waals surface area contributed by atoms with E-state index in [1.54, 1.807) is 24.0 Å². The first-order valence-electron chi connectivity index (χ1n) is 8.38. The minimum Gasteiger partial charge on any atom is -0.337 e. The number of pyridine rings is 1. The predicted molar refractivity (Wildman–Crippen MR) is 103 cm³/mol. The largest absolute Gasteiger partial charge is 0.337 e. The Kier molecular flexibility index (Phi) is 5.26. The number of sulfonamides is 1. The molecule has 0 aliphatic carbocycles. The maximum Gasteiger partial charge on any atom is 0.245 e. The molecule has 0 amide bonds. The van der Waals surface area contributed by atoms with Gasteiger partial charge in [0.05, 0.1) is 11.7 Å². The Morgan fingerprint density at radius 1 is 1.26 bits per heavy atom. The number of fused-ring (bicyclic) bond motifs is 1. The molecular formula is C16H22ClN7O2S. The Morgan fingerprint density at radius 3 is 2.74 bits per heavy atom. The van der Waals surface area contributed by atoms with Gasteiger partial charge in [0, 0.05) is 57.7 Å². The lowest BCUT2D eigenvalue weighted by Gasteiger charge is -2.34. The molecule has 0 saturated carbocycles. The molecule has 0 radical (unpaired) electrons. The zero-order chi connectivity index (χ0) is 18.5. The second kappa shape index (κ2) is 7.19. The number of aryl methyl sites for hydroxylation is 3. The molecule has 1 N–H and O–H groups in total. The van der Waals surface area contributed by atoms with Crippen LogP contribution in [-0.4, -0.2) is 56.7 Å². The Morgan fingerprint density at radius 2 is 2.04 bits per heavy atom. The number of hydrogen-bond acceptors (Lipinski definition) is 6. The Balaban J connectivity index is 0.00000210. The second-order valence-electron chi connectivity index (χ2n) is 6.48. The van der Waals surface area contributed by atoms with E-state index >= 15 is 0 Å². The first-order valence-corrected chi connectivity index (χ1v) is 9.82. The molecule has 1 fully saturated rings. The van der Waals surface area contributed by atoms with E-state index in [1.165, 1.54) is 10.5 Å². The molecule has 9 nitrogen and oxygen atoms in total. The summed E-state index contributed by atoms with van der Waals surface area (Å²) in [5.41, 5.74) is 1.43. The first-order chi connectivity index (χ1) is 12.4. The lowest BCUT2D eigenvalue weighted by molar-refractivity contribution is 0.258. The summed E-state index contributed by atoms with van der Waals surface area (Å²) < 4.78 is 31.7. The third kappa shape index (κ3) is 3.22. The third-order valence-corrected chi connectivity index (χ3v) is 6.67. The van der Waals surface area contributed by atoms with E-state index in [1.807, 2.05) is 24.7 Å². The number of imidazole rings is 1. The van der Waals surface area contributed by atoms with Gasteiger partial charge in [-0.25, -0.2) is 18.4 Å². The van der Waals surface area contributed by atoms with Crippen LogP contribution in [0.4, 0.5) is 0 Å². The summed E-state index contributed by atoms with van der Waals surface area (Å²) in [7, 11) is -0.0476. The van der Waals surface area contributed by atoms with Gasteiger partial charge in [-0.3, -0.25) is 4.68 Å². The molecule has 4 rings (SSSR count). The summed E-state index contributed by atoms with van der Waals surface area (Å²) >= 11 is 0. The fourth-order valence-electron chi connectivity index (χ4n) is 3.46.